The van der Waals surface area contributed by atoms with Crippen LogP contribution in [0.25, 0.3) is 0 Å². The monoisotopic (exact) mass is 356 g/mol. The summed E-state index contributed by atoms with van der Waals surface area (Å²) in [6, 6.07) is 5.20. The molecule has 0 amide bonds. The molecule has 0 aromatic heterocycles. The Morgan fingerprint density at radius 3 is 2.68 bits per heavy atom. The van der Waals surface area contributed by atoms with E-state index in [4.69, 9.17) is 0 Å². The summed E-state index contributed by atoms with van der Waals surface area (Å²) in [5.41, 5.74) is 2.50. The SMILES string of the molecule is CN1CCN(CN2C=NNN2c2cccc(C(F)(F)F)c2)CC1(C)C. The van der Waals surface area contributed by atoms with Crippen molar-refractivity contribution in [2.24, 2.45) is 5.10 Å². The molecule has 0 saturated carbocycles. The van der Waals surface area contributed by atoms with E-state index < -0.39 is 11.7 Å². The first-order valence-corrected chi connectivity index (χ1v) is 8.13. The first-order chi connectivity index (χ1) is 11.7. The van der Waals surface area contributed by atoms with Gasteiger partial charge in [-0.15, -0.1) is 5.10 Å². The van der Waals surface area contributed by atoms with E-state index in [1.807, 2.05) is 0 Å². The minimum absolute atomic E-state index is 0.0452. The molecule has 1 aromatic rings. The zero-order valence-corrected chi connectivity index (χ0v) is 14.6. The van der Waals surface area contributed by atoms with Crippen LogP contribution in [-0.2, 0) is 6.18 Å². The molecule has 138 valence electrons. The largest absolute Gasteiger partial charge is 0.416 e. The first-order valence-electron chi connectivity index (χ1n) is 8.13. The number of halogens is 3. The van der Waals surface area contributed by atoms with Crippen LogP contribution in [0.1, 0.15) is 19.4 Å². The van der Waals surface area contributed by atoms with Gasteiger partial charge in [0.2, 0.25) is 0 Å². The highest BCUT2D eigenvalue weighted by Gasteiger charge is 2.34. The molecule has 2 aliphatic rings. The van der Waals surface area contributed by atoms with Crippen LogP contribution >= 0.6 is 0 Å². The molecule has 2 aliphatic heterocycles. The maximum absolute atomic E-state index is 13.0. The van der Waals surface area contributed by atoms with E-state index in [-0.39, 0.29) is 5.54 Å². The van der Waals surface area contributed by atoms with E-state index in [1.54, 1.807) is 17.4 Å². The molecule has 1 saturated heterocycles. The van der Waals surface area contributed by atoms with Crippen molar-refractivity contribution in [3.63, 3.8) is 0 Å². The van der Waals surface area contributed by atoms with Gasteiger partial charge in [-0.1, -0.05) is 6.07 Å². The highest BCUT2D eigenvalue weighted by molar-refractivity contribution is 5.62. The van der Waals surface area contributed by atoms with Gasteiger partial charge in [0.1, 0.15) is 6.34 Å². The fraction of sp³-hybridized carbons (Fsp3) is 0.562. The lowest BCUT2D eigenvalue weighted by Gasteiger charge is -2.46. The second-order valence-electron chi connectivity index (χ2n) is 7.07. The Labute approximate surface area is 145 Å². The first kappa shape index (κ1) is 17.8. The summed E-state index contributed by atoms with van der Waals surface area (Å²) in [5.74, 6) is 0. The van der Waals surface area contributed by atoms with E-state index >= 15 is 0 Å². The average Bonchev–Trinajstić information content (AvgIpc) is 2.98. The number of benzene rings is 1. The van der Waals surface area contributed by atoms with Gasteiger partial charge in [-0.05, 0) is 39.1 Å². The van der Waals surface area contributed by atoms with E-state index in [2.05, 4.69) is 41.3 Å². The third-order valence-electron chi connectivity index (χ3n) is 4.76. The third kappa shape index (κ3) is 3.82. The smallest absolute Gasteiger partial charge is 0.299 e. The van der Waals surface area contributed by atoms with Gasteiger partial charge in [0.25, 0.3) is 0 Å². The molecule has 0 aliphatic carbocycles. The molecule has 25 heavy (non-hydrogen) atoms. The van der Waals surface area contributed by atoms with Gasteiger partial charge in [-0.3, -0.25) is 9.80 Å². The summed E-state index contributed by atoms with van der Waals surface area (Å²) in [5, 5.41) is 7.29. The molecule has 0 bridgehead atoms. The number of hydrogen-bond donors (Lipinski definition) is 1. The molecular weight excluding hydrogens is 333 g/mol. The number of piperazine rings is 1. The Morgan fingerprint density at radius 2 is 2.00 bits per heavy atom. The summed E-state index contributed by atoms with van der Waals surface area (Å²) in [7, 11) is 2.10. The van der Waals surface area contributed by atoms with Crippen LogP contribution in [0, 0.1) is 0 Å². The van der Waals surface area contributed by atoms with Gasteiger partial charge in [0.15, 0.2) is 0 Å². The minimum atomic E-state index is -4.37. The fourth-order valence-electron chi connectivity index (χ4n) is 3.04. The number of likely N-dealkylation sites (N-methyl/N-ethyl adjacent to an activating group) is 1. The predicted octanol–water partition coefficient (Wildman–Crippen LogP) is 2.17. The van der Waals surface area contributed by atoms with Gasteiger partial charge < -0.3 is 0 Å². The van der Waals surface area contributed by atoms with Crippen LogP contribution in [-0.4, -0.2) is 60.0 Å². The van der Waals surface area contributed by atoms with Crippen molar-refractivity contribution in [2.75, 3.05) is 38.5 Å². The molecule has 3 rings (SSSR count). The summed E-state index contributed by atoms with van der Waals surface area (Å²) >= 11 is 0. The van der Waals surface area contributed by atoms with Gasteiger partial charge >= 0.3 is 6.18 Å². The molecule has 2 heterocycles. The van der Waals surface area contributed by atoms with Crippen LogP contribution in [0.4, 0.5) is 18.9 Å². The molecule has 0 spiro atoms. The Bertz CT molecular complexity index is 645. The molecule has 6 nitrogen and oxygen atoms in total. The van der Waals surface area contributed by atoms with E-state index in [0.29, 0.717) is 12.4 Å². The molecule has 0 radical (unpaired) electrons. The fourth-order valence-corrected chi connectivity index (χ4v) is 3.04. The highest BCUT2D eigenvalue weighted by atomic mass is 19.4. The minimum Gasteiger partial charge on any atom is -0.299 e. The number of alkyl halides is 3. The van der Waals surface area contributed by atoms with Crippen LogP contribution < -0.4 is 10.7 Å². The van der Waals surface area contributed by atoms with E-state index in [0.717, 1.165) is 31.8 Å². The van der Waals surface area contributed by atoms with E-state index in [1.165, 1.54) is 11.2 Å². The van der Waals surface area contributed by atoms with Crippen molar-refractivity contribution in [3.05, 3.63) is 29.8 Å². The average molecular weight is 356 g/mol. The number of anilines is 1. The van der Waals surface area contributed by atoms with Gasteiger partial charge in [0, 0.05) is 25.2 Å². The Balaban J connectivity index is 1.72. The maximum atomic E-state index is 13.0. The van der Waals surface area contributed by atoms with Gasteiger partial charge in [-0.2, -0.15) is 23.8 Å². The quantitative estimate of drug-likeness (QED) is 0.899. The number of hydrazine groups is 2. The zero-order chi connectivity index (χ0) is 18.2. The third-order valence-corrected chi connectivity index (χ3v) is 4.76. The van der Waals surface area contributed by atoms with Gasteiger partial charge in [-0.25, -0.2) is 5.01 Å². The normalized spacial score (nSPS) is 21.7. The lowest BCUT2D eigenvalue weighted by Crippen LogP contribution is -2.60. The number of hydrogen-bond acceptors (Lipinski definition) is 6. The lowest BCUT2D eigenvalue weighted by molar-refractivity contribution is -0.137. The number of nitrogens with zero attached hydrogens (tertiary/aromatic N) is 5. The second kappa shape index (κ2) is 6.38. The molecule has 0 atom stereocenters. The van der Waals surface area contributed by atoms with Crippen LogP contribution in [0.3, 0.4) is 0 Å². The van der Waals surface area contributed by atoms with Gasteiger partial charge in [0.05, 0.1) is 17.9 Å². The highest BCUT2D eigenvalue weighted by Crippen LogP contribution is 2.32. The van der Waals surface area contributed by atoms with Crippen LogP contribution in [0.5, 0.6) is 0 Å². The van der Waals surface area contributed by atoms with Crippen molar-refractivity contribution in [3.8, 4) is 0 Å². The summed E-state index contributed by atoms with van der Waals surface area (Å²) in [6.07, 6.45) is -2.78. The van der Waals surface area contributed by atoms with Crippen LogP contribution in [0.15, 0.2) is 29.4 Å². The van der Waals surface area contributed by atoms with Crippen LogP contribution in [0.2, 0.25) is 0 Å². The Morgan fingerprint density at radius 1 is 1.24 bits per heavy atom. The summed E-state index contributed by atoms with van der Waals surface area (Å²) in [6.45, 7) is 7.60. The zero-order valence-electron chi connectivity index (χ0n) is 14.6. The number of nitrogens with one attached hydrogen (secondary N) is 1. The van der Waals surface area contributed by atoms with E-state index in [9.17, 15) is 13.2 Å². The summed E-state index contributed by atoms with van der Waals surface area (Å²) < 4.78 is 38.9. The lowest BCUT2D eigenvalue weighted by atomic mass is 10.0. The predicted molar refractivity (Wildman–Crippen MR) is 90.5 cm³/mol. The Hall–Kier alpha value is -2.00. The molecular formula is C16H23F3N6. The molecule has 1 aromatic carbocycles. The molecule has 1 N–H and O–H groups in total. The van der Waals surface area contributed by atoms with Crippen molar-refractivity contribution < 1.29 is 13.2 Å². The maximum Gasteiger partial charge on any atom is 0.416 e. The molecule has 0 unspecified atom stereocenters. The van der Waals surface area contributed by atoms with Crippen molar-refractivity contribution in [1.29, 1.82) is 0 Å². The standard InChI is InChI=1S/C16H23F3N6/c1-15(2)10-23(8-7-22(15)3)12-24-11-20-21-25(24)14-6-4-5-13(9-14)16(17,18)19/h4-6,9,11,21H,7-8,10,12H2,1-3H3. The summed E-state index contributed by atoms with van der Waals surface area (Å²) in [4.78, 5) is 4.57. The molecule has 9 heteroatoms. The van der Waals surface area contributed by atoms with Crippen molar-refractivity contribution in [2.45, 2.75) is 25.6 Å². The van der Waals surface area contributed by atoms with Crippen molar-refractivity contribution in [1.82, 2.24) is 20.3 Å². The second-order valence-corrected chi connectivity index (χ2v) is 7.07. The van der Waals surface area contributed by atoms with Crippen molar-refractivity contribution >= 4 is 12.0 Å². The molecule has 1 fully saturated rings. The Kier molecular flexibility index (Phi) is 4.54. The number of hydrazone groups is 1. The topological polar surface area (TPSA) is 37.4 Å². The number of rotatable bonds is 3.